The lowest BCUT2D eigenvalue weighted by Gasteiger charge is -2.31. The summed E-state index contributed by atoms with van der Waals surface area (Å²) < 4.78 is 0. The van der Waals surface area contributed by atoms with Crippen molar-refractivity contribution >= 4 is 11.5 Å². The molecule has 1 aromatic carbocycles. The highest BCUT2D eigenvalue weighted by Gasteiger charge is 2.26. The molecule has 1 saturated heterocycles. The molecule has 5 nitrogen and oxygen atoms in total. The Bertz CT molecular complexity index is 969. The van der Waals surface area contributed by atoms with Crippen molar-refractivity contribution in [2.45, 2.75) is 84.0 Å². The van der Waals surface area contributed by atoms with Crippen molar-refractivity contribution in [1.29, 1.82) is 5.26 Å². The lowest BCUT2D eigenvalue weighted by Crippen LogP contribution is -2.29. The molecule has 2 atom stereocenters. The van der Waals surface area contributed by atoms with E-state index in [4.69, 9.17) is 15.7 Å². The summed E-state index contributed by atoms with van der Waals surface area (Å²) in [7, 11) is 0. The highest BCUT2D eigenvalue weighted by Crippen LogP contribution is 2.35. The Labute approximate surface area is 193 Å². The molecule has 0 spiro atoms. The molecule has 2 unspecified atom stereocenters. The van der Waals surface area contributed by atoms with Crippen LogP contribution in [0.15, 0.2) is 18.2 Å². The Morgan fingerprint density at radius 3 is 2.69 bits per heavy atom. The molecular weight excluding hydrogens is 394 g/mol. The van der Waals surface area contributed by atoms with Gasteiger partial charge in [0.25, 0.3) is 0 Å². The fourth-order valence-electron chi connectivity index (χ4n) is 5.29. The minimum absolute atomic E-state index is 0.424. The number of rotatable bonds is 6. The van der Waals surface area contributed by atoms with Crippen LogP contribution in [0.3, 0.4) is 0 Å². The van der Waals surface area contributed by atoms with Gasteiger partial charge in [-0.2, -0.15) is 5.26 Å². The SMILES string of the molecule is CCc1nc2c(c(N3CCCCCC3)n1)CCC(CCC(C)c1ccc(N)c(C#N)c1)C2. The zero-order chi connectivity index (χ0) is 22.5. The molecule has 5 heteroatoms. The molecule has 4 rings (SSSR count). The van der Waals surface area contributed by atoms with E-state index in [0.29, 0.717) is 23.1 Å². The molecule has 2 N–H and O–H groups in total. The zero-order valence-corrected chi connectivity index (χ0v) is 19.7. The summed E-state index contributed by atoms with van der Waals surface area (Å²) in [6.07, 6.45) is 11.8. The molecule has 0 bridgehead atoms. The maximum Gasteiger partial charge on any atom is 0.135 e. The molecule has 2 heterocycles. The number of nitrogen functional groups attached to an aromatic ring is 1. The minimum Gasteiger partial charge on any atom is -0.398 e. The molecular formula is C27H37N5. The Kier molecular flexibility index (Phi) is 7.29. The van der Waals surface area contributed by atoms with Gasteiger partial charge >= 0.3 is 0 Å². The molecule has 1 aliphatic heterocycles. The topological polar surface area (TPSA) is 78.8 Å². The van der Waals surface area contributed by atoms with Gasteiger partial charge < -0.3 is 10.6 Å². The maximum absolute atomic E-state index is 9.28. The second-order valence-electron chi connectivity index (χ2n) is 9.69. The first-order valence-corrected chi connectivity index (χ1v) is 12.5. The Morgan fingerprint density at radius 2 is 1.97 bits per heavy atom. The van der Waals surface area contributed by atoms with Crippen LogP contribution in [-0.4, -0.2) is 23.1 Å². The van der Waals surface area contributed by atoms with Gasteiger partial charge in [0, 0.05) is 36.5 Å². The predicted molar refractivity (Wildman–Crippen MR) is 131 cm³/mol. The first kappa shape index (κ1) is 22.6. The molecule has 1 fully saturated rings. The number of hydrogen-bond acceptors (Lipinski definition) is 5. The molecule has 2 aliphatic rings. The Morgan fingerprint density at radius 1 is 1.19 bits per heavy atom. The second-order valence-corrected chi connectivity index (χ2v) is 9.69. The number of nitrogens with two attached hydrogens (primary N) is 1. The van der Waals surface area contributed by atoms with E-state index in [-0.39, 0.29) is 0 Å². The first-order chi connectivity index (χ1) is 15.6. The van der Waals surface area contributed by atoms with Gasteiger partial charge in [-0.1, -0.05) is 32.8 Å². The summed E-state index contributed by atoms with van der Waals surface area (Å²) in [6.45, 7) is 6.70. The average molecular weight is 432 g/mol. The Balaban J connectivity index is 1.45. The fourth-order valence-corrected chi connectivity index (χ4v) is 5.29. The number of aryl methyl sites for hydroxylation is 1. The van der Waals surface area contributed by atoms with Crippen molar-refractivity contribution in [2.24, 2.45) is 5.92 Å². The molecule has 1 aliphatic carbocycles. The van der Waals surface area contributed by atoms with E-state index in [1.807, 2.05) is 12.1 Å². The molecule has 0 saturated carbocycles. The molecule has 0 radical (unpaired) electrons. The van der Waals surface area contributed by atoms with E-state index in [9.17, 15) is 5.26 Å². The lowest BCUT2D eigenvalue weighted by molar-refractivity contribution is 0.394. The van der Waals surface area contributed by atoms with E-state index in [0.717, 1.165) is 44.6 Å². The number of nitriles is 1. The van der Waals surface area contributed by atoms with Crippen LogP contribution in [0.2, 0.25) is 0 Å². The largest absolute Gasteiger partial charge is 0.398 e. The summed E-state index contributed by atoms with van der Waals surface area (Å²) in [5.41, 5.74) is 11.0. The lowest BCUT2D eigenvalue weighted by atomic mass is 9.81. The van der Waals surface area contributed by atoms with Gasteiger partial charge in [-0.05, 0) is 74.5 Å². The van der Waals surface area contributed by atoms with Crippen LogP contribution in [0.1, 0.15) is 92.9 Å². The Hall–Kier alpha value is -2.61. The molecule has 32 heavy (non-hydrogen) atoms. The summed E-state index contributed by atoms with van der Waals surface area (Å²) in [4.78, 5) is 12.5. The van der Waals surface area contributed by atoms with Gasteiger partial charge in [0.15, 0.2) is 0 Å². The zero-order valence-electron chi connectivity index (χ0n) is 19.7. The van der Waals surface area contributed by atoms with Crippen LogP contribution >= 0.6 is 0 Å². The van der Waals surface area contributed by atoms with Gasteiger partial charge in [0.1, 0.15) is 17.7 Å². The number of hydrogen-bond donors (Lipinski definition) is 1. The van der Waals surface area contributed by atoms with Gasteiger partial charge in [-0.3, -0.25) is 0 Å². The predicted octanol–water partition coefficient (Wildman–Crippen LogP) is 5.56. The number of benzene rings is 1. The van der Waals surface area contributed by atoms with Gasteiger partial charge in [-0.15, -0.1) is 0 Å². The number of fused-ring (bicyclic) bond motifs is 1. The monoisotopic (exact) mass is 431 g/mol. The smallest absolute Gasteiger partial charge is 0.135 e. The van der Waals surface area contributed by atoms with Crippen LogP contribution in [0, 0.1) is 17.2 Å². The summed E-state index contributed by atoms with van der Waals surface area (Å²) in [5, 5.41) is 9.28. The highest BCUT2D eigenvalue weighted by atomic mass is 15.2. The molecule has 0 amide bonds. The van der Waals surface area contributed by atoms with Crippen molar-refractivity contribution in [3.63, 3.8) is 0 Å². The molecule has 2 aromatic rings. The van der Waals surface area contributed by atoms with E-state index >= 15 is 0 Å². The summed E-state index contributed by atoms with van der Waals surface area (Å²) >= 11 is 0. The van der Waals surface area contributed by atoms with E-state index < -0.39 is 0 Å². The quantitative estimate of drug-likeness (QED) is 0.606. The van der Waals surface area contributed by atoms with Crippen LogP contribution < -0.4 is 10.6 Å². The van der Waals surface area contributed by atoms with Crippen molar-refractivity contribution in [3.8, 4) is 6.07 Å². The van der Waals surface area contributed by atoms with Gasteiger partial charge in [0.2, 0.25) is 0 Å². The van der Waals surface area contributed by atoms with E-state index in [1.54, 1.807) is 0 Å². The van der Waals surface area contributed by atoms with Crippen molar-refractivity contribution in [3.05, 3.63) is 46.4 Å². The van der Waals surface area contributed by atoms with Crippen LogP contribution in [0.25, 0.3) is 0 Å². The van der Waals surface area contributed by atoms with E-state index in [1.165, 1.54) is 61.2 Å². The van der Waals surface area contributed by atoms with E-state index in [2.05, 4.69) is 30.9 Å². The molecule has 170 valence electrons. The third-order valence-corrected chi connectivity index (χ3v) is 7.40. The van der Waals surface area contributed by atoms with Crippen LogP contribution in [-0.2, 0) is 19.3 Å². The van der Waals surface area contributed by atoms with Crippen molar-refractivity contribution in [1.82, 2.24) is 9.97 Å². The standard InChI is InChI=1S/C27H37N5/c1-3-26-30-25-16-20(9-8-19(2)21-11-13-24(29)22(17-21)18-28)10-12-23(25)27(31-26)32-14-6-4-5-7-15-32/h11,13,17,19-20H,3-10,12,14-16,29H2,1-2H3. The highest BCUT2D eigenvalue weighted by molar-refractivity contribution is 5.55. The number of aromatic nitrogens is 2. The summed E-state index contributed by atoms with van der Waals surface area (Å²) in [6, 6.07) is 8.12. The van der Waals surface area contributed by atoms with Crippen LogP contribution in [0.5, 0.6) is 0 Å². The third-order valence-electron chi connectivity index (χ3n) is 7.40. The molecule has 1 aromatic heterocycles. The van der Waals surface area contributed by atoms with Gasteiger partial charge in [0.05, 0.1) is 5.56 Å². The van der Waals surface area contributed by atoms with Crippen LogP contribution in [0.4, 0.5) is 11.5 Å². The average Bonchev–Trinajstić information content (AvgIpc) is 3.11. The number of anilines is 2. The first-order valence-electron chi connectivity index (χ1n) is 12.5. The maximum atomic E-state index is 9.28. The minimum atomic E-state index is 0.424. The number of nitrogens with zero attached hydrogens (tertiary/aromatic N) is 4. The van der Waals surface area contributed by atoms with Crippen molar-refractivity contribution in [2.75, 3.05) is 23.7 Å². The third kappa shape index (κ3) is 5.06. The second kappa shape index (κ2) is 10.3. The fraction of sp³-hybridized carbons (Fsp3) is 0.593. The summed E-state index contributed by atoms with van der Waals surface area (Å²) in [5.74, 6) is 3.34. The normalized spacial score (nSPS) is 19.7. The van der Waals surface area contributed by atoms with Crippen molar-refractivity contribution < 1.29 is 0 Å². The van der Waals surface area contributed by atoms with Gasteiger partial charge in [-0.25, -0.2) is 9.97 Å².